The summed E-state index contributed by atoms with van der Waals surface area (Å²) < 4.78 is 6.21. The van der Waals surface area contributed by atoms with E-state index in [1.165, 1.54) is 36.8 Å². The predicted molar refractivity (Wildman–Crippen MR) is 85.0 cm³/mol. The van der Waals surface area contributed by atoms with Crippen LogP contribution in [0.25, 0.3) is 0 Å². The monoisotopic (exact) mass is 275 g/mol. The van der Waals surface area contributed by atoms with Gasteiger partial charge in [0.1, 0.15) is 0 Å². The van der Waals surface area contributed by atoms with Gasteiger partial charge in [-0.3, -0.25) is 0 Å². The second-order valence-electron chi connectivity index (χ2n) is 6.19. The van der Waals surface area contributed by atoms with Gasteiger partial charge in [0.2, 0.25) is 0 Å². The second kappa shape index (κ2) is 7.80. The molecule has 0 spiro atoms. The van der Waals surface area contributed by atoms with E-state index in [4.69, 9.17) is 4.74 Å². The van der Waals surface area contributed by atoms with Crippen molar-refractivity contribution in [2.75, 3.05) is 13.2 Å². The minimum Gasteiger partial charge on any atom is -0.376 e. The Morgan fingerprint density at radius 1 is 1.30 bits per heavy atom. The molecule has 3 atom stereocenters. The molecule has 20 heavy (non-hydrogen) atoms. The minimum absolute atomic E-state index is 0.318. The Morgan fingerprint density at radius 2 is 2.10 bits per heavy atom. The quantitative estimate of drug-likeness (QED) is 0.838. The maximum atomic E-state index is 6.21. The molecule has 0 heterocycles. The SMILES string of the molecule is CCNC(COC1CCCC(C)C1)c1ccccc1C. The smallest absolute Gasteiger partial charge is 0.0665 e. The molecule has 2 heteroatoms. The normalized spacial score (nSPS) is 24.6. The Bertz CT molecular complexity index is 404. The van der Waals surface area contributed by atoms with Crippen LogP contribution in [0.1, 0.15) is 56.7 Å². The van der Waals surface area contributed by atoms with E-state index in [0.717, 1.165) is 19.1 Å². The largest absolute Gasteiger partial charge is 0.376 e. The molecule has 0 saturated heterocycles. The van der Waals surface area contributed by atoms with Crippen LogP contribution in [0.5, 0.6) is 0 Å². The van der Waals surface area contributed by atoms with Gasteiger partial charge in [0.05, 0.1) is 18.8 Å². The molecule has 2 rings (SSSR count). The minimum atomic E-state index is 0.318. The number of nitrogens with one attached hydrogen (secondary N) is 1. The molecule has 2 nitrogen and oxygen atoms in total. The van der Waals surface area contributed by atoms with E-state index < -0.39 is 0 Å². The predicted octanol–water partition coefficient (Wildman–Crippen LogP) is 4.24. The van der Waals surface area contributed by atoms with Crippen molar-refractivity contribution in [3.63, 3.8) is 0 Å². The van der Waals surface area contributed by atoms with E-state index in [2.05, 4.69) is 50.4 Å². The van der Waals surface area contributed by atoms with E-state index in [9.17, 15) is 0 Å². The summed E-state index contributed by atoms with van der Waals surface area (Å²) in [5.41, 5.74) is 2.72. The van der Waals surface area contributed by atoms with E-state index in [1.54, 1.807) is 0 Å². The molecule has 0 aliphatic heterocycles. The van der Waals surface area contributed by atoms with E-state index in [1.807, 2.05) is 0 Å². The zero-order valence-electron chi connectivity index (χ0n) is 13.2. The fraction of sp³-hybridized carbons (Fsp3) is 0.667. The van der Waals surface area contributed by atoms with Gasteiger partial charge in [-0.1, -0.05) is 51.0 Å². The fourth-order valence-electron chi connectivity index (χ4n) is 3.24. The van der Waals surface area contributed by atoms with Crippen molar-refractivity contribution in [1.29, 1.82) is 0 Å². The van der Waals surface area contributed by atoms with Crippen molar-refractivity contribution in [2.24, 2.45) is 5.92 Å². The van der Waals surface area contributed by atoms with Gasteiger partial charge in [0, 0.05) is 0 Å². The van der Waals surface area contributed by atoms with Crippen LogP contribution in [-0.2, 0) is 4.74 Å². The first-order chi connectivity index (χ1) is 9.70. The Balaban J connectivity index is 1.94. The lowest BCUT2D eigenvalue weighted by molar-refractivity contribution is 0.00409. The van der Waals surface area contributed by atoms with Crippen LogP contribution >= 0.6 is 0 Å². The molecule has 1 aromatic carbocycles. The summed E-state index contributed by atoms with van der Waals surface area (Å²) in [6.45, 7) is 8.45. The van der Waals surface area contributed by atoms with Crippen LogP contribution in [0.15, 0.2) is 24.3 Å². The van der Waals surface area contributed by atoms with Crippen molar-refractivity contribution in [2.45, 2.75) is 58.6 Å². The zero-order chi connectivity index (χ0) is 14.4. The van der Waals surface area contributed by atoms with Gasteiger partial charge in [-0.15, -0.1) is 0 Å². The third kappa shape index (κ3) is 4.32. The number of likely N-dealkylation sites (N-methyl/N-ethyl adjacent to an activating group) is 1. The van der Waals surface area contributed by atoms with E-state index in [-0.39, 0.29) is 0 Å². The highest BCUT2D eigenvalue weighted by molar-refractivity contribution is 5.28. The zero-order valence-corrected chi connectivity index (χ0v) is 13.2. The van der Waals surface area contributed by atoms with E-state index in [0.29, 0.717) is 12.1 Å². The van der Waals surface area contributed by atoms with E-state index >= 15 is 0 Å². The second-order valence-corrected chi connectivity index (χ2v) is 6.19. The number of benzene rings is 1. The maximum Gasteiger partial charge on any atom is 0.0665 e. The van der Waals surface area contributed by atoms with Crippen molar-refractivity contribution in [3.8, 4) is 0 Å². The topological polar surface area (TPSA) is 21.3 Å². The summed E-state index contributed by atoms with van der Waals surface area (Å²) >= 11 is 0. The van der Waals surface area contributed by atoms with Crippen molar-refractivity contribution in [3.05, 3.63) is 35.4 Å². The molecule has 0 aromatic heterocycles. The summed E-state index contributed by atoms with van der Waals surface area (Å²) in [4.78, 5) is 0. The van der Waals surface area contributed by atoms with Gasteiger partial charge in [-0.05, 0) is 43.4 Å². The first-order valence-electron chi connectivity index (χ1n) is 8.11. The maximum absolute atomic E-state index is 6.21. The first-order valence-corrected chi connectivity index (χ1v) is 8.11. The molecule has 1 N–H and O–H groups in total. The van der Waals surface area contributed by atoms with Crippen LogP contribution in [0.3, 0.4) is 0 Å². The molecule has 112 valence electrons. The lowest BCUT2D eigenvalue weighted by Crippen LogP contribution is -2.30. The highest BCUT2D eigenvalue weighted by Gasteiger charge is 2.21. The highest BCUT2D eigenvalue weighted by atomic mass is 16.5. The van der Waals surface area contributed by atoms with Crippen LogP contribution in [0.4, 0.5) is 0 Å². The molecule has 1 aliphatic carbocycles. The summed E-state index contributed by atoms with van der Waals surface area (Å²) in [6, 6.07) is 8.94. The lowest BCUT2D eigenvalue weighted by Gasteiger charge is -2.29. The fourth-order valence-corrected chi connectivity index (χ4v) is 3.24. The number of rotatable bonds is 6. The third-order valence-electron chi connectivity index (χ3n) is 4.40. The average Bonchev–Trinajstić information content (AvgIpc) is 2.44. The number of ether oxygens (including phenoxy) is 1. The van der Waals surface area contributed by atoms with Crippen LogP contribution < -0.4 is 5.32 Å². The highest BCUT2D eigenvalue weighted by Crippen LogP contribution is 2.27. The standard InChI is InChI=1S/C18H29NO/c1-4-19-18(17-11-6-5-9-15(17)3)13-20-16-10-7-8-14(2)12-16/h5-6,9,11,14,16,18-19H,4,7-8,10,12-13H2,1-3H3. The van der Waals surface area contributed by atoms with Crippen molar-refractivity contribution >= 4 is 0 Å². The summed E-state index contributed by atoms with van der Waals surface area (Å²) in [5, 5.41) is 3.57. The Kier molecular flexibility index (Phi) is 6.06. The summed E-state index contributed by atoms with van der Waals surface area (Å²) in [7, 11) is 0. The van der Waals surface area contributed by atoms with Gasteiger partial charge in [-0.2, -0.15) is 0 Å². The number of aryl methyl sites for hydroxylation is 1. The Morgan fingerprint density at radius 3 is 2.80 bits per heavy atom. The molecule has 0 bridgehead atoms. The lowest BCUT2D eigenvalue weighted by atomic mass is 9.88. The van der Waals surface area contributed by atoms with Gasteiger partial charge in [0.25, 0.3) is 0 Å². The average molecular weight is 275 g/mol. The van der Waals surface area contributed by atoms with Gasteiger partial charge < -0.3 is 10.1 Å². The molecule has 1 saturated carbocycles. The summed E-state index contributed by atoms with van der Waals surface area (Å²) in [6.07, 6.45) is 5.61. The molecule has 3 unspecified atom stereocenters. The molecular weight excluding hydrogens is 246 g/mol. The third-order valence-corrected chi connectivity index (χ3v) is 4.40. The van der Waals surface area contributed by atoms with Crippen LogP contribution in [-0.4, -0.2) is 19.3 Å². The molecule has 1 fully saturated rings. The Labute approximate surface area is 123 Å². The molecule has 0 radical (unpaired) electrons. The molecular formula is C18H29NO. The van der Waals surface area contributed by atoms with Crippen molar-refractivity contribution < 1.29 is 4.74 Å². The Hall–Kier alpha value is -0.860. The molecule has 1 aliphatic rings. The first kappa shape index (κ1) is 15.5. The van der Waals surface area contributed by atoms with Gasteiger partial charge >= 0.3 is 0 Å². The van der Waals surface area contributed by atoms with Gasteiger partial charge in [-0.25, -0.2) is 0 Å². The molecule has 0 amide bonds. The molecule has 1 aromatic rings. The van der Waals surface area contributed by atoms with Gasteiger partial charge in [0.15, 0.2) is 0 Å². The van der Waals surface area contributed by atoms with Crippen molar-refractivity contribution in [1.82, 2.24) is 5.32 Å². The van der Waals surface area contributed by atoms with Crippen LogP contribution in [0, 0.1) is 12.8 Å². The summed E-state index contributed by atoms with van der Waals surface area (Å²) in [5.74, 6) is 0.824. The number of hydrogen-bond donors (Lipinski definition) is 1. The van der Waals surface area contributed by atoms with Crippen LogP contribution in [0.2, 0.25) is 0 Å². The number of hydrogen-bond acceptors (Lipinski definition) is 2.